The molecule has 0 aliphatic heterocycles. The van der Waals surface area contributed by atoms with Crippen LogP contribution < -0.4 is 4.90 Å². The lowest BCUT2D eigenvalue weighted by Crippen LogP contribution is -2.09. The Bertz CT molecular complexity index is 2710. The quantitative estimate of drug-likeness (QED) is 0.141. The van der Waals surface area contributed by atoms with Crippen molar-refractivity contribution in [1.82, 2.24) is 0 Å². The lowest BCUT2D eigenvalue weighted by Gasteiger charge is -2.26. The highest BCUT2D eigenvalue weighted by molar-refractivity contribution is 9.10. The second-order valence-electron chi connectivity index (χ2n) is 13.9. The molecule has 0 bridgehead atoms. The molecule has 0 unspecified atom stereocenters. The van der Waals surface area contributed by atoms with E-state index in [9.17, 15) is 0 Å². The van der Waals surface area contributed by atoms with Gasteiger partial charge in [-0.05, 0) is 121 Å². The Kier molecular flexibility index (Phi) is 9.95. The van der Waals surface area contributed by atoms with Crippen molar-refractivity contribution in [3.63, 3.8) is 0 Å². The third-order valence-electron chi connectivity index (χ3n) is 10.4. The van der Waals surface area contributed by atoms with E-state index in [1.54, 1.807) is 0 Å². The predicted molar refractivity (Wildman–Crippen MR) is 241 cm³/mol. The van der Waals surface area contributed by atoms with E-state index in [4.69, 9.17) is 0 Å². The van der Waals surface area contributed by atoms with Gasteiger partial charge in [-0.3, -0.25) is 0 Å². The lowest BCUT2D eigenvalue weighted by atomic mass is 9.86. The monoisotopic (exact) mass is 779 g/mol. The third kappa shape index (κ3) is 7.23. The maximum absolute atomic E-state index is 3.90. The van der Waals surface area contributed by atoms with E-state index in [0.29, 0.717) is 0 Å². The summed E-state index contributed by atoms with van der Waals surface area (Å²) in [6.07, 6.45) is 0. The number of hydrogen-bond acceptors (Lipinski definition) is 1. The topological polar surface area (TPSA) is 3.24 Å². The first-order valence-corrected chi connectivity index (χ1v) is 19.7. The van der Waals surface area contributed by atoms with Crippen LogP contribution in [0.2, 0.25) is 0 Å². The Labute approximate surface area is 338 Å². The summed E-state index contributed by atoms with van der Waals surface area (Å²) in [5.74, 6) is 0. The fourth-order valence-electron chi connectivity index (χ4n) is 7.57. The standard InChI is InChI=1S/C54H38BrN/c55-54-24-14-13-23-51(54)53-38-45(41-19-9-3-10-20-41)30-36-50(53)49-35-29-44(40-17-7-2-8-18-40)37-52(49)43-27-33-48(34-28-43)56(46-21-11-4-12-22-46)47-31-25-42(26-32-47)39-15-5-1-6-16-39/h1-38H. The van der Waals surface area contributed by atoms with Gasteiger partial charge in [0, 0.05) is 21.5 Å². The van der Waals surface area contributed by atoms with Gasteiger partial charge in [0.1, 0.15) is 0 Å². The number of nitrogens with zero attached hydrogens (tertiary/aromatic N) is 1. The fraction of sp³-hybridized carbons (Fsp3) is 0. The minimum Gasteiger partial charge on any atom is -0.311 e. The van der Waals surface area contributed by atoms with Crippen molar-refractivity contribution in [3.05, 3.63) is 235 Å². The van der Waals surface area contributed by atoms with Crippen molar-refractivity contribution >= 4 is 33.0 Å². The van der Waals surface area contributed by atoms with Crippen LogP contribution in [0.1, 0.15) is 0 Å². The largest absolute Gasteiger partial charge is 0.311 e. The molecule has 2 heteroatoms. The first kappa shape index (κ1) is 35.0. The zero-order valence-corrected chi connectivity index (χ0v) is 32.4. The van der Waals surface area contributed by atoms with Gasteiger partial charge in [-0.1, -0.05) is 192 Å². The summed E-state index contributed by atoms with van der Waals surface area (Å²) in [7, 11) is 0. The van der Waals surface area contributed by atoms with Crippen LogP contribution in [0.25, 0.3) is 66.8 Å². The summed E-state index contributed by atoms with van der Waals surface area (Å²) in [6, 6.07) is 82.6. The van der Waals surface area contributed by atoms with Crippen LogP contribution in [0.4, 0.5) is 17.1 Å². The summed E-state index contributed by atoms with van der Waals surface area (Å²) in [4.78, 5) is 2.33. The van der Waals surface area contributed by atoms with Gasteiger partial charge in [-0.25, -0.2) is 0 Å². The number of benzene rings is 9. The smallest absolute Gasteiger partial charge is 0.0462 e. The molecule has 0 saturated carbocycles. The van der Waals surface area contributed by atoms with Gasteiger partial charge >= 0.3 is 0 Å². The molecule has 0 spiro atoms. The molecule has 0 aromatic heterocycles. The molecule has 0 aliphatic carbocycles. The molecular formula is C54H38BrN. The highest BCUT2D eigenvalue weighted by Crippen LogP contribution is 2.44. The number of hydrogen-bond donors (Lipinski definition) is 0. The summed E-state index contributed by atoms with van der Waals surface area (Å²) in [5, 5.41) is 0. The van der Waals surface area contributed by atoms with Gasteiger partial charge in [-0.15, -0.1) is 0 Å². The molecule has 266 valence electrons. The van der Waals surface area contributed by atoms with E-state index in [1.165, 1.54) is 55.6 Å². The zero-order valence-electron chi connectivity index (χ0n) is 30.8. The number of para-hydroxylation sites is 1. The van der Waals surface area contributed by atoms with Crippen molar-refractivity contribution in [3.8, 4) is 66.8 Å². The molecule has 0 aliphatic rings. The van der Waals surface area contributed by atoms with Crippen LogP contribution in [0, 0.1) is 0 Å². The molecule has 0 fully saturated rings. The molecule has 0 radical (unpaired) electrons. The van der Waals surface area contributed by atoms with Crippen LogP contribution >= 0.6 is 15.9 Å². The molecule has 0 atom stereocenters. The molecule has 1 nitrogen and oxygen atoms in total. The lowest BCUT2D eigenvalue weighted by molar-refractivity contribution is 1.28. The first-order chi connectivity index (χ1) is 27.7. The fourth-order valence-corrected chi connectivity index (χ4v) is 8.07. The molecule has 0 N–H and O–H groups in total. The second-order valence-corrected chi connectivity index (χ2v) is 14.7. The van der Waals surface area contributed by atoms with E-state index < -0.39 is 0 Å². The average molecular weight is 781 g/mol. The maximum Gasteiger partial charge on any atom is 0.0462 e. The summed E-state index contributed by atoms with van der Waals surface area (Å²) in [6.45, 7) is 0. The van der Waals surface area contributed by atoms with Crippen LogP contribution in [-0.4, -0.2) is 0 Å². The number of halogens is 1. The van der Waals surface area contributed by atoms with Crippen molar-refractivity contribution < 1.29 is 0 Å². The number of anilines is 3. The van der Waals surface area contributed by atoms with Crippen molar-refractivity contribution in [1.29, 1.82) is 0 Å². The first-order valence-electron chi connectivity index (χ1n) is 18.9. The summed E-state index contributed by atoms with van der Waals surface area (Å²) >= 11 is 3.90. The molecule has 9 rings (SSSR count). The molecule has 0 saturated heterocycles. The average Bonchev–Trinajstić information content (AvgIpc) is 3.28. The Morgan fingerprint density at radius 1 is 0.232 bits per heavy atom. The summed E-state index contributed by atoms with van der Waals surface area (Å²) in [5.41, 5.74) is 17.5. The molecule has 0 amide bonds. The highest BCUT2D eigenvalue weighted by atomic mass is 79.9. The van der Waals surface area contributed by atoms with Gasteiger partial charge in [0.05, 0.1) is 0 Å². The van der Waals surface area contributed by atoms with E-state index in [0.717, 1.165) is 32.7 Å². The minimum atomic E-state index is 1.07. The maximum atomic E-state index is 3.90. The van der Waals surface area contributed by atoms with Gasteiger partial charge in [0.15, 0.2) is 0 Å². The minimum absolute atomic E-state index is 1.07. The zero-order chi connectivity index (χ0) is 37.7. The Balaban J connectivity index is 1.18. The highest BCUT2D eigenvalue weighted by Gasteiger charge is 2.18. The van der Waals surface area contributed by atoms with Gasteiger partial charge in [-0.2, -0.15) is 0 Å². The molecule has 0 heterocycles. The third-order valence-corrected chi connectivity index (χ3v) is 11.1. The Morgan fingerprint density at radius 3 is 1.11 bits per heavy atom. The molecular weight excluding hydrogens is 743 g/mol. The van der Waals surface area contributed by atoms with Crippen LogP contribution in [0.3, 0.4) is 0 Å². The van der Waals surface area contributed by atoms with Gasteiger partial charge < -0.3 is 4.90 Å². The SMILES string of the molecule is Brc1ccccc1-c1cc(-c2ccccc2)ccc1-c1ccc(-c2ccccc2)cc1-c1ccc(N(c2ccccc2)c2ccc(-c3ccccc3)cc2)cc1. The van der Waals surface area contributed by atoms with Gasteiger partial charge in [0.2, 0.25) is 0 Å². The van der Waals surface area contributed by atoms with Gasteiger partial charge in [0.25, 0.3) is 0 Å². The Morgan fingerprint density at radius 2 is 0.589 bits per heavy atom. The van der Waals surface area contributed by atoms with E-state index in [-0.39, 0.29) is 0 Å². The van der Waals surface area contributed by atoms with Crippen molar-refractivity contribution in [2.75, 3.05) is 4.90 Å². The van der Waals surface area contributed by atoms with E-state index in [1.807, 2.05) is 0 Å². The molecule has 9 aromatic rings. The van der Waals surface area contributed by atoms with Crippen molar-refractivity contribution in [2.45, 2.75) is 0 Å². The predicted octanol–water partition coefficient (Wildman–Crippen LogP) is 15.9. The number of rotatable bonds is 9. The molecule has 9 aromatic carbocycles. The van der Waals surface area contributed by atoms with Crippen LogP contribution in [0.5, 0.6) is 0 Å². The summed E-state index contributed by atoms with van der Waals surface area (Å²) < 4.78 is 1.07. The van der Waals surface area contributed by atoms with Crippen LogP contribution in [0.15, 0.2) is 235 Å². The second kappa shape index (κ2) is 15.9. The van der Waals surface area contributed by atoms with Crippen LogP contribution in [-0.2, 0) is 0 Å². The van der Waals surface area contributed by atoms with E-state index in [2.05, 4.69) is 251 Å². The molecule has 56 heavy (non-hydrogen) atoms. The van der Waals surface area contributed by atoms with Crippen molar-refractivity contribution in [2.24, 2.45) is 0 Å². The normalized spacial score (nSPS) is 10.9. The Hall–Kier alpha value is -6.74. The van der Waals surface area contributed by atoms with E-state index >= 15 is 0 Å².